The van der Waals surface area contributed by atoms with Gasteiger partial charge in [0, 0.05) is 27.2 Å². The smallest absolute Gasteiger partial charge is 0.406 e. The molecule has 3 amide bonds. The Labute approximate surface area is 181 Å². The van der Waals surface area contributed by atoms with Gasteiger partial charge in [0.25, 0.3) is 5.91 Å². The molecule has 0 saturated carbocycles. The van der Waals surface area contributed by atoms with Gasteiger partial charge < -0.3 is 20.7 Å². The Kier molecular flexibility index (Phi) is 7.91. The molecule has 0 radical (unpaired) electrons. The van der Waals surface area contributed by atoms with E-state index in [1.165, 1.54) is 0 Å². The van der Waals surface area contributed by atoms with Crippen molar-refractivity contribution in [2.24, 2.45) is 0 Å². The van der Waals surface area contributed by atoms with E-state index in [9.17, 15) is 22.8 Å². The second-order valence-corrected chi connectivity index (χ2v) is 7.58. The van der Waals surface area contributed by atoms with E-state index in [0.717, 1.165) is 18.2 Å². The molecule has 0 bridgehead atoms. The molecule has 0 fully saturated rings. The number of carbonyl (C=O) groups excluding carboxylic acids is 2. The third-order valence-electron chi connectivity index (χ3n) is 3.37. The van der Waals surface area contributed by atoms with E-state index < -0.39 is 24.1 Å². The second-order valence-electron chi connectivity index (χ2n) is 5.75. The first kappa shape index (κ1) is 23.0. The second kappa shape index (κ2) is 9.97. The van der Waals surface area contributed by atoms with E-state index in [4.69, 9.17) is 0 Å². The van der Waals surface area contributed by atoms with Crippen molar-refractivity contribution >= 4 is 55.2 Å². The van der Waals surface area contributed by atoms with E-state index in [1.54, 1.807) is 18.2 Å². The van der Waals surface area contributed by atoms with Crippen LogP contribution >= 0.6 is 31.9 Å². The summed E-state index contributed by atoms with van der Waals surface area (Å²) in [7, 11) is 0. The lowest BCUT2D eigenvalue weighted by Crippen LogP contribution is -2.27. The summed E-state index contributed by atoms with van der Waals surface area (Å²) in [5.74, 6) is -1.10. The maximum Gasteiger partial charge on any atom is 0.573 e. The maximum absolute atomic E-state index is 12.5. The molecule has 29 heavy (non-hydrogen) atoms. The van der Waals surface area contributed by atoms with Crippen LogP contribution in [-0.4, -0.2) is 24.8 Å². The standard InChI is InChI=1S/C18H16Br2F3N3O3/c1-2-5-24-16(27)14-4-3-13(29-18(21,22)23)9-15(14)26-17(28)25-12-7-10(19)6-11(20)8-12/h3-4,6-9H,2,5H2,1H3,(H,24,27)(H2,25,26,28). The van der Waals surface area contributed by atoms with E-state index >= 15 is 0 Å². The minimum atomic E-state index is -4.91. The summed E-state index contributed by atoms with van der Waals surface area (Å²) in [4.78, 5) is 24.6. The molecule has 0 spiro atoms. The Balaban J connectivity index is 2.27. The van der Waals surface area contributed by atoms with Crippen LogP contribution in [0.1, 0.15) is 23.7 Å². The quantitative estimate of drug-likeness (QED) is 0.429. The molecule has 6 nitrogen and oxygen atoms in total. The van der Waals surface area contributed by atoms with Crippen LogP contribution in [0, 0.1) is 0 Å². The summed E-state index contributed by atoms with van der Waals surface area (Å²) < 4.78 is 42.8. The lowest BCUT2D eigenvalue weighted by Gasteiger charge is -2.15. The number of anilines is 2. The normalized spacial score (nSPS) is 11.0. The highest BCUT2D eigenvalue weighted by Crippen LogP contribution is 2.28. The molecule has 0 unspecified atom stereocenters. The van der Waals surface area contributed by atoms with Gasteiger partial charge in [-0.1, -0.05) is 38.8 Å². The number of ether oxygens (including phenoxy) is 1. The molecule has 156 valence electrons. The number of amides is 3. The van der Waals surface area contributed by atoms with E-state index in [-0.39, 0.29) is 11.3 Å². The Morgan fingerprint density at radius 2 is 1.69 bits per heavy atom. The van der Waals surface area contributed by atoms with Gasteiger partial charge in [-0.2, -0.15) is 0 Å². The summed E-state index contributed by atoms with van der Waals surface area (Å²) in [5.41, 5.74) is 0.286. The van der Waals surface area contributed by atoms with Crippen LogP contribution in [0.5, 0.6) is 5.75 Å². The first-order valence-corrected chi connectivity index (χ1v) is 9.88. The van der Waals surface area contributed by atoms with Gasteiger partial charge in [0.1, 0.15) is 5.75 Å². The van der Waals surface area contributed by atoms with Crippen molar-refractivity contribution < 1.29 is 27.5 Å². The van der Waals surface area contributed by atoms with Gasteiger partial charge in [0.15, 0.2) is 0 Å². The molecular weight excluding hydrogens is 523 g/mol. The highest BCUT2D eigenvalue weighted by atomic mass is 79.9. The van der Waals surface area contributed by atoms with Gasteiger partial charge in [-0.05, 0) is 36.8 Å². The number of halogens is 5. The number of nitrogens with one attached hydrogen (secondary N) is 3. The largest absolute Gasteiger partial charge is 0.573 e. The SMILES string of the molecule is CCCNC(=O)c1ccc(OC(F)(F)F)cc1NC(=O)Nc1cc(Br)cc(Br)c1. The fourth-order valence-electron chi connectivity index (χ4n) is 2.27. The zero-order valence-corrected chi connectivity index (χ0v) is 18.2. The molecular formula is C18H16Br2F3N3O3. The van der Waals surface area contributed by atoms with Gasteiger partial charge in [-0.25, -0.2) is 4.79 Å². The summed E-state index contributed by atoms with van der Waals surface area (Å²) in [6.07, 6.45) is -4.24. The van der Waals surface area contributed by atoms with E-state index in [2.05, 4.69) is 52.5 Å². The molecule has 0 atom stereocenters. The summed E-state index contributed by atoms with van der Waals surface area (Å²) in [5, 5.41) is 7.55. The number of carbonyl (C=O) groups is 2. The third kappa shape index (κ3) is 7.58. The van der Waals surface area contributed by atoms with E-state index in [1.807, 2.05) is 6.92 Å². The van der Waals surface area contributed by atoms with Crippen LogP contribution in [-0.2, 0) is 0 Å². The first-order chi connectivity index (χ1) is 13.6. The number of urea groups is 1. The van der Waals surface area contributed by atoms with Gasteiger partial charge >= 0.3 is 12.4 Å². The molecule has 0 heterocycles. The maximum atomic E-state index is 12.5. The van der Waals surface area contributed by atoms with Crippen molar-refractivity contribution in [1.29, 1.82) is 0 Å². The zero-order chi connectivity index (χ0) is 21.6. The Morgan fingerprint density at radius 1 is 1.03 bits per heavy atom. The van der Waals surface area contributed by atoms with Crippen LogP contribution in [0.2, 0.25) is 0 Å². The van der Waals surface area contributed by atoms with Crippen molar-refractivity contribution in [2.75, 3.05) is 17.2 Å². The van der Waals surface area contributed by atoms with Gasteiger partial charge in [0.05, 0.1) is 11.3 Å². The summed E-state index contributed by atoms with van der Waals surface area (Å²) in [6, 6.07) is 7.36. The predicted molar refractivity (Wildman–Crippen MR) is 110 cm³/mol. The first-order valence-electron chi connectivity index (χ1n) is 8.29. The van der Waals surface area contributed by atoms with Gasteiger partial charge in [0.2, 0.25) is 0 Å². The van der Waals surface area contributed by atoms with Crippen LogP contribution in [0.25, 0.3) is 0 Å². The Bertz CT molecular complexity index is 887. The number of rotatable bonds is 6. The fraction of sp³-hybridized carbons (Fsp3) is 0.222. The number of hydrogen-bond donors (Lipinski definition) is 3. The molecule has 2 aromatic rings. The number of benzene rings is 2. The lowest BCUT2D eigenvalue weighted by molar-refractivity contribution is -0.274. The lowest BCUT2D eigenvalue weighted by atomic mass is 10.1. The molecule has 2 aromatic carbocycles. The zero-order valence-electron chi connectivity index (χ0n) is 15.0. The van der Waals surface area contributed by atoms with Gasteiger partial charge in [-0.3, -0.25) is 4.79 Å². The molecule has 0 aliphatic rings. The monoisotopic (exact) mass is 537 g/mol. The summed E-state index contributed by atoms with van der Waals surface area (Å²) >= 11 is 6.57. The third-order valence-corrected chi connectivity index (χ3v) is 4.29. The molecule has 3 N–H and O–H groups in total. The van der Waals surface area contributed by atoms with Crippen molar-refractivity contribution in [1.82, 2.24) is 5.32 Å². The molecule has 2 rings (SSSR count). The van der Waals surface area contributed by atoms with Gasteiger partial charge in [-0.15, -0.1) is 13.2 Å². The predicted octanol–water partition coefficient (Wildman–Crippen LogP) is 5.89. The topological polar surface area (TPSA) is 79.5 Å². The molecule has 0 saturated heterocycles. The van der Waals surface area contributed by atoms with E-state index in [0.29, 0.717) is 27.6 Å². The van der Waals surface area contributed by atoms with Crippen molar-refractivity contribution in [3.8, 4) is 5.75 Å². The van der Waals surface area contributed by atoms with Crippen molar-refractivity contribution in [3.05, 3.63) is 50.9 Å². The highest BCUT2D eigenvalue weighted by Gasteiger charge is 2.31. The van der Waals surface area contributed by atoms with Crippen LogP contribution in [0.3, 0.4) is 0 Å². The van der Waals surface area contributed by atoms with Crippen molar-refractivity contribution in [3.63, 3.8) is 0 Å². The fourth-order valence-corrected chi connectivity index (χ4v) is 3.56. The minimum Gasteiger partial charge on any atom is -0.406 e. The average molecular weight is 539 g/mol. The highest BCUT2D eigenvalue weighted by molar-refractivity contribution is 9.11. The minimum absolute atomic E-state index is 0.00135. The van der Waals surface area contributed by atoms with Crippen LogP contribution < -0.4 is 20.7 Å². The molecule has 0 aliphatic heterocycles. The number of hydrogen-bond acceptors (Lipinski definition) is 3. The molecule has 11 heteroatoms. The van der Waals surface area contributed by atoms with Crippen LogP contribution in [0.4, 0.5) is 29.3 Å². The Morgan fingerprint density at radius 3 is 2.28 bits per heavy atom. The average Bonchev–Trinajstić information content (AvgIpc) is 2.57. The van der Waals surface area contributed by atoms with Crippen molar-refractivity contribution in [2.45, 2.75) is 19.7 Å². The van der Waals surface area contributed by atoms with Crippen LogP contribution in [0.15, 0.2) is 45.3 Å². The molecule has 0 aromatic heterocycles. The summed E-state index contributed by atoms with van der Waals surface area (Å²) in [6.45, 7) is 2.22. The Hall–Kier alpha value is -2.27. The molecule has 0 aliphatic carbocycles. The number of alkyl halides is 3.